The fraction of sp³-hybridized carbons (Fsp3) is 0.562. The van der Waals surface area contributed by atoms with Crippen molar-refractivity contribution in [2.24, 2.45) is 5.41 Å². The van der Waals surface area contributed by atoms with Crippen molar-refractivity contribution in [3.8, 4) is 17.6 Å². The van der Waals surface area contributed by atoms with E-state index in [1.165, 1.54) is 0 Å². The van der Waals surface area contributed by atoms with Gasteiger partial charge in [-0.1, -0.05) is 26.8 Å². The van der Waals surface area contributed by atoms with Gasteiger partial charge in [0, 0.05) is 0 Å². The molecule has 1 rings (SSSR count). The molecular formula is C16H23NO3. The van der Waals surface area contributed by atoms with Crippen LogP contribution < -0.4 is 9.47 Å². The standard InChI is InChI=1S/C16H23NO3/c1-6-20-14-9-11(7-8-13(14)19-5)12(10-17)15(18)16(2,3)4/h7-9,12,15,18H,6H2,1-5H3. The van der Waals surface area contributed by atoms with Crippen LogP contribution in [0.25, 0.3) is 0 Å². The molecule has 20 heavy (non-hydrogen) atoms. The van der Waals surface area contributed by atoms with E-state index in [-0.39, 0.29) is 5.41 Å². The molecule has 0 aliphatic carbocycles. The molecule has 0 radical (unpaired) electrons. The maximum Gasteiger partial charge on any atom is 0.161 e. The van der Waals surface area contributed by atoms with Gasteiger partial charge in [-0.15, -0.1) is 0 Å². The van der Waals surface area contributed by atoms with E-state index in [1.807, 2.05) is 27.7 Å². The molecule has 1 N–H and O–H groups in total. The molecule has 110 valence electrons. The zero-order valence-corrected chi connectivity index (χ0v) is 12.8. The molecule has 1 aromatic carbocycles. The molecule has 0 saturated carbocycles. The Morgan fingerprint density at radius 1 is 1.30 bits per heavy atom. The van der Waals surface area contributed by atoms with Crippen LogP contribution in [-0.4, -0.2) is 24.9 Å². The van der Waals surface area contributed by atoms with Gasteiger partial charge in [-0.3, -0.25) is 0 Å². The molecule has 2 atom stereocenters. The zero-order valence-electron chi connectivity index (χ0n) is 12.8. The summed E-state index contributed by atoms with van der Waals surface area (Å²) in [5, 5.41) is 19.7. The molecule has 1 aromatic rings. The van der Waals surface area contributed by atoms with Crippen molar-refractivity contribution in [1.29, 1.82) is 5.26 Å². The molecule has 0 aliphatic rings. The second-order valence-electron chi connectivity index (χ2n) is 5.76. The van der Waals surface area contributed by atoms with Crippen LogP contribution in [0.4, 0.5) is 0 Å². The summed E-state index contributed by atoms with van der Waals surface area (Å²) < 4.78 is 10.7. The first-order valence-electron chi connectivity index (χ1n) is 6.73. The highest BCUT2D eigenvalue weighted by atomic mass is 16.5. The van der Waals surface area contributed by atoms with Crippen molar-refractivity contribution in [3.63, 3.8) is 0 Å². The second kappa shape index (κ2) is 6.62. The van der Waals surface area contributed by atoms with Crippen molar-refractivity contribution >= 4 is 0 Å². The summed E-state index contributed by atoms with van der Waals surface area (Å²) >= 11 is 0. The molecule has 4 heteroatoms. The number of hydrogen-bond donors (Lipinski definition) is 1. The summed E-state index contributed by atoms with van der Waals surface area (Å²) in [5.41, 5.74) is 0.366. The average Bonchev–Trinajstić information content (AvgIpc) is 2.39. The molecule has 0 bridgehead atoms. The predicted molar refractivity (Wildman–Crippen MR) is 78.0 cm³/mol. The van der Waals surface area contributed by atoms with Crippen LogP contribution in [0.3, 0.4) is 0 Å². The minimum atomic E-state index is -0.754. The highest BCUT2D eigenvalue weighted by Gasteiger charge is 2.32. The van der Waals surface area contributed by atoms with E-state index in [1.54, 1.807) is 25.3 Å². The number of nitrogens with zero attached hydrogens (tertiary/aromatic N) is 1. The van der Waals surface area contributed by atoms with Gasteiger partial charge >= 0.3 is 0 Å². The van der Waals surface area contributed by atoms with Gasteiger partial charge in [-0.2, -0.15) is 5.26 Å². The average molecular weight is 277 g/mol. The van der Waals surface area contributed by atoms with E-state index in [0.29, 0.717) is 18.1 Å². The number of hydrogen-bond acceptors (Lipinski definition) is 4. The Hall–Kier alpha value is -1.73. The van der Waals surface area contributed by atoms with Crippen LogP contribution in [-0.2, 0) is 0 Å². The van der Waals surface area contributed by atoms with E-state index in [2.05, 4.69) is 6.07 Å². The lowest BCUT2D eigenvalue weighted by Gasteiger charge is -2.29. The van der Waals surface area contributed by atoms with Crippen LogP contribution in [0, 0.1) is 16.7 Å². The van der Waals surface area contributed by atoms with Crippen molar-refractivity contribution in [2.75, 3.05) is 13.7 Å². The van der Waals surface area contributed by atoms with Gasteiger partial charge in [0.1, 0.15) is 0 Å². The molecule has 2 unspecified atom stereocenters. The van der Waals surface area contributed by atoms with Crippen molar-refractivity contribution in [2.45, 2.75) is 39.7 Å². The summed E-state index contributed by atoms with van der Waals surface area (Å²) in [6.45, 7) is 8.13. The molecule has 0 amide bonds. The van der Waals surface area contributed by atoms with Gasteiger partial charge in [0.25, 0.3) is 0 Å². The number of aliphatic hydroxyl groups excluding tert-OH is 1. The van der Waals surface area contributed by atoms with Crippen LogP contribution in [0.1, 0.15) is 39.2 Å². The normalized spacial score (nSPS) is 14.2. The van der Waals surface area contributed by atoms with E-state index in [9.17, 15) is 10.4 Å². The lowest BCUT2D eigenvalue weighted by molar-refractivity contribution is 0.0526. The highest BCUT2D eigenvalue weighted by molar-refractivity contribution is 5.45. The molecule has 0 fully saturated rings. The number of benzene rings is 1. The van der Waals surface area contributed by atoms with Gasteiger partial charge in [-0.05, 0) is 30.0 Å². The van der Waals surface area contributed by atoms with Gasteiger partial charge in [0.05, 0.1) is 31.8 Å². The summed E-state index contributed by atoms with van der Waals surface area (Å²) in [5.74, 6) is 0.617. The highest BCUT2D eigenvalue weighted by Crippen LogP contribution is 2.36. The Kier molecular flexibility index (Phi) is 5.41. The van der Waals surface area contributed by atoms with E-state index in [0.717, 1.165) is 5.56 Å². The summed E-state index contributed by atoms with van der Waals surface area (Å²) in [6, 6.07) is 7.51. The molecule has 0 saturated heterocycles. The summed E-state index contributed by atoms with van der Waals surface area (Å²) in [4.78, 5) is 0. The predicted octanol–water partition coefficient (Wildman–Crippen LogP) is 3.11. The number of ether oxygens (including phenoxy) is 2. The minimum absolute atomic E-state index is 0.369. The maximum atomic E-state index is 10.4. The quantitative estimate of drug-likeness (QED) is 0.898. The first kappa shape index (κ1) is 16.3. The third-order valence-electron chi connectivity index (χ3n) is 3.19. The zero-order chi connectivity index (χ0) is 15.3. The van der Waals surface area contributed by atoms with Gasteiger partial charge < -0.3 is 14.6 Å². The van der Waals surface area contributed by atoms with E-state index >= 15 is 0 Å². The molecule has 0 aromatic heterocycles. The first-order valence-corrected chi connectivity index (χ1v) is 6.73. The Morgan fingerprint density at radius 2 is 1.95 bits per heavy atom. The number of rotatable bonds is 5. The number of methoxy groups -OCH3 is 1. The lowest BCUT2D eigenvalue weighted by atomic mass is 9.79. The van der Waals surface area contributed by atoms with E-state index in [4.69, 9.17) is 9.47 Å². The molecule has 4 nitrogen and oxygen atoms in total. The summed E-state index contributed by atoms with van der Waals surface area (Å²) in [7, 11) is 1.57. The smallest absolute Gasteiger partial charge is 0.161 e. The van der Waals surface area contributed by atoms with Crippen molar-refractivity contribution in [1.82, 2.24) is 0 Å². The molecular weight excluding hydrogens is 254 g/mol. The molecule has 0 spiro atoms. The summed E-state index contributed by atoms with van der Waals surface area (Å²) in [6.07, 6.45) is -0.754. The fourth-order valence-corrected chi connectivity index (χ4v) is 1.98. The van der Waals surface area contributed by atoms with E-state index < -0.39 is 12.0 Å². The number of aliphatic hydroxyl groups is 1. The third kappa shape index (κ3) is 3.64. The SMILES string of the molecule is CCOc1cc(C(C#N)C(O)C(C)(C)C)ccc1OC. The van der Waals surface area contributed by atoms with Crippen LogP contribution >= 0.6 is 0 Å². The largest absolute Gasteiger partial charge is 0.493 e. The molecule has 0 aliphatic heterocycles. The minimum Gasteiger partial charge on any atom is -0.493 e. The Balaban J connectivity index is 3.17. The number of nitriles is 1. The Labute approximate surface area is 120 Å². The van der Waals surface area contributed by atoms with Gasteiger partial charge in [0.15, 0.2) is 11.5 Å². The van der Waals surface area contributed by atoms with Crippen LogP contribution in [0.2, 0.25) is 0 Å². The first-order chi connectivity index (χ1) is 9.35. The fourth-order valence-electron chi connectivity index (χ4n) is 1.98. The molecule has 0 heterocycles. The Morgan fingerprint density at radius 3 is 2.40 bits per heavy atom. The van der Waals surface area contributed by atoms with Gasteiger partial charge in [0.2, 0.25) is 0 Å². The topological polar surface area (TPSA) is 62.5 Å². The van der Waals surface area contributed by atoms with Gasteiger partial charge in [-0.25, -0.2) is 0 Å². The monoisotopic (exact) mass is 277 g/mol. The van der Waals surface area contributed by atoms with Crippen LogP contribution in [0.5, 0.6) is 11.5 Å². The van der Waals surface area contributed by atoms with Crippen molar-refractivity contribution < 1.29 is 14.6 Å². The maximum absolute atomic E-state index is 10.4. The lowest BCUT2D eigenvalue weighted by Crippen LogP contribution is -2.31. The third-order valence-corrected chi connectivity index (χ3v) is 3.19. The van der Waals surface area contributed by atoms with Crippen LogP contribution in [0.15, 0.2) is 18.2 Å². The second-order valence-corrected chi connectivity index (χ2v) is 5.76. The Bertz CT molecular complexity index is 485. The van der Waals surface area contributed by atoms with Crippen molar-refractivity contribution in [3.05, 3.63) is 23.8 Å².